The maximum absolute atomic E-state index is 12.2. The van der Waals surface area contributed by atoms with Crippen LogP contribution < -0.4 is 69.1 Å². The maximum atomic E-state index is 12.2. The molecule has 122 valence electrons. The van der Waals surface area contributed by atoms with E-state index in [0.717, 1.165) is 4.90 Å². The Labute approximate surface area is 186 Å². The first-order valence-corrected chi connectivity index (χ1v) is 8.21. The molecule has 0 fully saturated rings. The van der Waals surface area contributed by atoms with E-state index in [0.29, 0.717) is 23.2 Å². The Morgan fingerprint density at radius 1 is 1.25 bits per heavy atom. The fourth-order valence-electron chi connectivity index (χ4n) is 2.21. The number of rotatable bonds is 6. The molecule has 1 amide bonds. The van der Waals surface area contributed by atoms with E-state index in [1.807, 2.05) is 6.92 Å². The molecule has 10 heteroatoms. The molecule has 7 nitrogen and oxygen atoms in total. The van der Waals surface area contributed by atoms with Crippen molar-refractivity contribution in [1.82, 2.24) is 0 Å². The minimum Gasteiger partial charge on any atom is -0.748 e. The molecule has 1 rings (SSSR count). The summed E-state index contributed by atoms with van der Waals surface area (Å²) in [7, 11) is -4.82. The largest absolute Gasteiger partial charge is 1.00 e. The van der Waals surface area contributed by atoms with Gasteiger partial charge in [-0.15, -0.1) is 0 Å². The van der Waals surface area contributed by atoms with Crippen LogP contribution in [-0.2, 0) is 26.1 Å². The minimum absolute atomic E-state index is 0. The van der Waals surface area contributed by atoms with Crippen molar-refractivity contribution in [2.45, 2.75) is 33.2 Å². The maximum Gasteiger partial charge on any atom is 1.00 e. The fourth-order valence-corrected chi connectivity index (χ4v) is 2.65. The molecule has 0 aliphatic rings. The van der Waals surface area contributed by atoms with Gasteiger partial charge < -0.3 is 19.4 Å². The Morgan fingerprint density at radius 3 is 2.21 bits per heavy atom. The first-order valence-electron chi connectivity index (χ1n) is 6.63. The normalized spacial score (nSPS) is 11.7. The molecule has 0 aliphatic heterocycles. The number of anilines is 1. The van der Waals surface area contributed by atoms with Crippen molar-refractivity contribution in [2.75, 3.05) is 10.7 Å². The molecule has 0 saturated carbocycles. The first-order chi connectivity index (χ1) is 10.1. The number of amides is 1. The number of benzene rings is 1. The molecule has 0 bridgehead atoms. The third-order valence-corrected chi connectivity index (χ3v) is 3.84. The van der Waals surface area contributed by atoms with Gasteiger partial charge in [0, 0.05) is 0 Å². The summed E-state index contributed by atoms with van der Waals surface area (Å²) in [4.78, 5) is 24.2. The van der Waals surface area contributed by atoms with Crippen LogP contribution >= 0.6 is 0 Å². The van der Waals surface area contributed by atoms with Crippen molar-refractivity contribution in [3.8, 4) is 0 Å². The van der Waals surface area contributed by atoms with E-state index in [2.05, 4.69) is 0 Å². The molecule has 1 aromatic rings. The van der Waals surface area contributed by atoms with Crippen LogP contribution in [0.1, 0.15) is 25.0 Å². The van der Waals surface area contributed by atoms with E-state index in [9.17, 15) is 27.7 Å². The van der Waals surface area contributed by atoms with E-state index in [-0.39, 0.29) is 59.1 Å². The number of nitrogens with zero attached hydrogens (tertiary/aromatic N) is 1. The quantitative estimate of drug-likeness (QED) is 0.362. The summed E-state index contributed by atoms with van der Waals surface area (Å²) in [5, 5.41) is 11.2. The summed E-state index contributed by atoms with van der Waals surface area (Å²) >= 11 is 0. The zero-order valence-electron chi connectivity index (χ0n) is 14.5. The Balaban J connectivity index is 0. The molecule has 1 atom stereocenters. The van der Waals surface area contributed by atoms with Crippen LogP contribution in [0.15, 0.2) is 18.2 Å². The average molecular weight is 373 g/mol. The van der Waals surface area contributed by atoms with Gasteiger partial charge in [-0.1, -0.05) is 25.1 Å². The number of para-hydroxylation sites is 1. The number of hydrogen-bond acceptors (Lipinski definition) is 6. The standard InChI is InChI=1S/C14H19NO6S.2Na/c1-4-11-7-5-6-9(2)13(11)15(10(3)14(17)18)12(16)8-22(19,20)21;;/h5-7,10H,4,8H2,1-3H3,(H,17,18)(H,19,20,21);;/q;2*+1/p-2/t10-;;/m0../s1. The molecule has 24 heavy (non-hydrogen) atoms. The SMILES string of the molecule is CCc1cccc(C)c1N(C(=O)CS(=O)(=O)[O-])[C@@H](C)C(=O)[O-].[Na+].[Na+]. The Morgan fingerprint density at radius 2 is 1.79 bits per heavy atom. The third-order valence-electron chi connectivity index (χ3n) is 3.24. The van der Waals surface area contributed by atoms with Gasteiger partial charge in [-0.05, 0) is 31.4 Å². The monoisotopic (exact) mass is 373 g/mol. The topological polar surface area (TPSA) is 118 Å². The van der Waals surface area contributed by atoms with Gasteiger partial charge in [0.1, 0.15) is 15.9 Å². The van der Waals surface area contributed by atoms with Gasteiger partial charge in [-0.3, -0.25) is 4.79 Å². The van der Waals surface area contributed by atoms with Gasteiger partial charge in [0.05, 0.1) is 17.7 Å². The number of carbonyl (C=O) groups is 2. The zero-order valence-corrected chi connectivity index (χ0v) is 19.3. The summed E-state index contributed by atoms with van der Waals surface area (Å²) in [6.45, 7) is 4.69. The summed E-state index contributed by atoms with van der Waals surface area (Å²) in [6, 6.07) is 3.72. The predicted octanol–water partition coefficient (Wildman–Crippen LogP) is -6.42. The van der Waals surface area contributed by atoms with Gasteiger partial charge in [-0.25, -0.2) is 8.42 Å². The van der Waals surface area contributed by atoms with Crippen LogP contribution in [-0.4, -0.2) is 36.6 Å². The smallest absolute Gasteiger partial charge is 0.748 e. The number of carboxylic acids is 1. The molecule has 0 radical (unpaired) electrons. The van der Waals surface area contributed by atoms with Crippen LogP contribution in [0.4, 0.5) is 5.69 Å². The molecule has 0 saturated heterocycles. The second kappa shape index (κ2) is 10.9. The van der Waals surface area contributed by atoms with Crippen molar-refractivity contribution in [3.05, 3.63) is 29.3 Å². The molecular formula is C14H17NNa2O6S. The number of hydrogen-bond donors (Lipinski definition) is 0. The zero-order chi connectivity index (χ0) is 17.1. The molecule has 0 heterocycles. The van der Waals surface area contributed by atoms with Crippen LogP contribution in [0.3, 0.4) is 0 Å². The van der Waals surface area contributed by atoms with Crippen LogP contribution in [0.2, 0.25) is 0 Å². The van der Waals surface area contributed by atoms with Gasteiger partial charge in [0.2, 0.25) is 5.91 Å². The number of aliphatic carboxylic acids is 1. The molecule has 0 N–H and O–H groups in total. The second-order valence-electron chi connectivity index (χ2n) is 4.90. The van der Waals surface area contributed by atoms with Gasteiger partial charge >= 0.3 is 59.1 Å². The Hall–Kier alpha value is 0.0700. The van der Waals surface area contributed by atoms with E-state index < -0.39 is 33.8 Å². The van der Waals surface area contributed by atoms with Gasteiger partial charge in [0.15, 0.2) is 0 Å². The Kier molecular flexibility index (Phi) is 12.0. The molecule has 0 aromatic heterocycles. The summed E-state index contributed by atoms with van der Waals surface area (Å²) in [5.41, 5.74) is 1.57. The fraction of sp³-hybridized carbons (Fsp3) is 0.429. The van der Waals surface area contributed by atoms with Crippen molar-refractivity contribution in [2.24, 2.45) is 0 Å². The average Bonchev–Trinajstić information content (AvgIpc) is 2.38. The third kappa shape index (κ3) is 7.13. The van der Waals surface area contributed by atoms with E-state index in [4.69, 9.17) is 0 Å². The molecule has 1 aromatic carbocycles. The first kappa shape index (κ1) is 26.3. The molecule has 0 unspecified atom stereocenters. The number of carbonyl (C=O) groups excluding carboxylic acids is 2. The van der Waals surface area contributed by atoms with Gasteiger partial charge in [0.25, 0.3) is 0 Å². The van der Waals surface area contributed by atoms with Gasteiger partial charge in [-0.2, -0.15) is 0 Å². The minimum atomic E-state index is -4.82. The van der Waals surface area contributed by atoms with Crippen LogP contribution in [0.25, 0.3) is 0 Å². The van der Waals surface area contributed by atoms with Crippen molar-refractivity contribution >= 4 is 27.7 Å². The predicted molar refractivity (Wildman–Crippen MR) is 77.1 cm³/mol. The van der Waals surface area contributed by atoms with Crippen molar-refractivity contribution < 1.29 is 86.8 Å². The summed E-state index contributed by atoms with van der Waals surface area (Å²) < 4.78 is 32.5. The second-order valence-corrected chi connectivity index (χ2v) is 6.30. The Bertz CT molecular complexity index is 693. The number of aryl methyl sites for hydroxylation is 2. The van der Waals surface area contributed by atoms with Crippen molar-refractivity contribution in [1.29, 1.82) is 0 Å². The van der Waals surface area contributed by atoms with Crippen molar-refractivity contribution in [3.63, 3.8) is 0 Å². The van der Waals surface area contributed by atoms with Crippen LogP contribution in [0, 0.1) is 6.92 Å². The molecule has 0 aliphatic carbocycles. The molecule has 0 spiro atoms. The van der Waals surface area contributed by atoms with Crippen LogP contribution in [0.5, 0.6) is 0 Å². The summed E-state index contributed by atoms with van der Waals surface area (Å²) in [6.07, 6.45) is 0.505. The summed E-state index contributed by atoms with van der Waals surface area (Å²) in [5.74, 6) is -3.93. The molecular weight excluding hydrogens is 356 g/mol. The van der Waals surface area contributed by atoms with E-state index in [1.54, 1.807) is 25.1 Å². The number of carboxylic acid groups (broad SMARTS) is 1. The van der Waals surface area contributed by atoms with E-state index in [1.165, 1.54) is 6.92 Å². The van der Waals surface area contributed by atoms with E-state index >= 15 is 0 Å².